The van der Waals surface area contributed by atoms with E-state index in [4.69, 9.17) is 4.74 Å². The Hall–Kier alpha value is -0.650. The van der Waals surface area contributed by atoms with E-state index in [1.807, 2.05) is 0 Å². The van der Waals surface area contributed by atoms with Crippen molar-refractivity contribution in [2.45, 2.75) is 57.0 Å². The van der Waals surface area contributed by atoms with E-state index < -0.39 is 0 Å². The summed E-state index contributed by atoms with van der Waals surface area (Å²) in [6.07, 6.45) is 8.71. The molecular weight excluding hydrogens is 302 g/mol. The van der Waals surface area contributed by atoms with Crippen molar-refractivity contribution in [1.29, 1.82) is 0 Å². The number of likely N-dealkylation sites (tertiary alicyclic amines) is 1. The molecule has 0 spiro atoms. The smallest absolute Gasteiger partial charge is 0.239 e. The van der Waals surface area contributed by atoms with Crippen molar-refractivity contribution < 1.29 is 9.53 Å². The van der Waals surface area contributed by atoms with Crippen LogP contribution in [0.3, 0.4) is 0 Å². The van der Waals surface area contributed by atoms with Crippen LogP contribution < -0.4 is 5.32 Å². The van der Waals surface area contributed by atoms with Crippen LogP contribution in [0, 0.1) is 11.8 Å². The summed E-state index contributed by atoms with van der Waals surface area (Å²) in [4.78, 5) is 17.6. The highest BCUT2D eigenvalue weighted by Gasteiger charge is 2.40. The molecule has 4 aliphatic rings. The molecule has 24 heavy (non-hydrogen) atoms. The fourth-order valence-electron chi connectivity index (χ4n) is 5.22. The van der Waals surface area contributed by atoms with Gasteiger partial charge in [-0.05, 0) is 43.9 Å². The Morgan fingerprint density at radius 3 is 2.50 bits per heavy atom. The number of hydrogen-bond donors (Lipinski definition) is 1. The van der Waals surface area contributed by atoms with Gasteiger partial charge in [0.2, 0.25) is 5.91 Å². The molecule has 0 bridgehead atoms. The summed E-state index contributed by atoms with van der Waals surface area (Å²) < 4.78 is 5.43. The van der Waals surface area contributed by atoms with E-state index in [1.54, 1.807) is 0 Å². The Bertz CT molecular complexity index is 416. The number of hydrogen-bond acceptors (Lipinski definition) is 4. The number of piperidine rings is 1. The first kappa shape index (κ1) is 16.8. The number of morpholine rings is 1. The van der Waals surface area contributed by atoms with Crippen molar-refractivity contribution >= 4 is 5.91 Å². The lowest BCUT2D eigenvalue weighted by Gasteiger charge is -2.37. The molecule has 0 aromatic rings. The predicted octanol–water partition coefficient (Wildman–Crippen LogP) is 1.48. The van der Waals surface area contributed by atoms with E-state index in [2.05, 4.69) is 15.1 Å². The van der Waals surface area contributed by atoms with E-state index in [0.717, 1.165) is 57.6 Å². The van der Waals surface area contributed by atoms with Gasteiger partial charge >= 0.3 is 0 Å². The third kappa shape index (κ3) is 3.78. The van der Waals surface area contributed by atoms with Crippen molar-refractivity contribution in [3.05, 3.63) is 0 Å². The SMILES string of the molecule is O=C(C1CC2CCCCC2N1)N1CCC(CN2CCOCC2)CC1. The maximum absolute atomic E-state index is 12.9. The van der Waals surface area contributed by atoms with Gasteiger partial charge in [0.05, 0.1) is 19.3 Å². The number of fused-ring (bicyclic) bond motifs is 1. The number of nitrogens with zero attached hydrogens (tertiary/aromatic N) is 2. The Kier molecular flexibility index (Phi) is 5.40. The van der Waals surface area contributed by atoms with E-state index in [-0.39, 0.29) is 6.04 Å². The molecule has 136 valence electrons. The molecule has 1 saturated carbocycles. The van der Waals surface area contributed by atoms with Gasteiger partial charge < -0.3 is 15.0 Å². The highest BCUT2D eigenvalue weighted by Crippen LogP contribution is 2.34. The summed E-state index contributed by atoms with van der Waals surface area (Å²) in [7, 11) is 0. The van der Waals surface area contributed by atoms with Crippen LogP contribution in [-0.4, -0.2) is 73.7 Å². The van der Waals surface area contributed by atoms with Gasteiger partial charge in [-0.1, -0.05) is 12.8 Å². The minimum Gasteiger partial charge on any atom is -0.379 e. The fraction of sp³-hybridized carbons (Fsp3) is 0.947. The maximum Gasteiger partial charge on any atom is 0.239 e. The number of rotatable bonds is 3. The van der Waals surface area contributed by atoms with E-state index >= 15 is 0 Å². The molecule has 1 N–H and O–H groups in total. The molecule has 5 nitrogen and oxygen atoms in total. The van der Waals surface area contributed by atoms with E-state index in [0.29, 0.717) is 11.9 Å². The molecule has 3 heterocycles. The zero-order chi connectivity index (χ0) is 16.4. The Balaban J connectivity index is 1.23. The first-order chi connectivity index (χ1) is 11.8. The van der Waals surface area contributed by atoms with Crippen LogP contribution >= 0.6 is 0 Å². The van der Waals surface area contributed by atoms with Gasteiger partial charge in [-0.2, -0.15) is 0 Å². The molecule has 1 amide bonds. The van der Waals surface area contributed by atoms with Crippen molar-refractivity contribution in [2.24, 2.45) is 11.8 Å². The molecule has 1 aliphatic carbocycles. The van der Waals surface area contributed by atoms with Gasteiger partial charge in [-0.15, -0.1) is 0 Å². The average molecular weight is 335 g/mol. The van der Waals surface area contributed by atoms with Crippen molar-refractivity contribution in [2.75, 3.05) is 45.9 Å². The maximum atomic E-state index is 12.9. The Morgan fingerprint density at radius 1 is 1.00 bits per heavy atom. The molecule has 3 saturated heterocycles. The van der Waals surface area contributed by atoms with Crippen molar-refractivity contribution in [3.8, 4) is 0 Å². The normalized spacial score (nSPS) is 35.8. The van der Waals surface area contributed by atoms with E-state index in [9.17, 15) is 4.79 Å². The Morgan fingerprint density at radius 2 is 1.75 bits per heavy atom. The Labute approximate surface area is 146 Å². The molecule has 0 radical (unpaired) electrons. The minimum atomic E-state index is 0.105. The number of carbonyl (C=O) groups excluding carboxylic acids is 1. The van der Waals surface area contributed by atoms with Gasteiger partial charge in [-0.3, -0.25) is 9.69 Å². The average Bonchev–Trinajstić information content (AvgIpc) is 3.07. The molecule has 3 unspecified atom stereocenters. The van der Waals surface area contributed by atoms with Crippen molar-refractivity contribution in [3.63, 3.8) is 0 Å². The van der Waals surface area contributed by atoms with Crippen LogP contribution in [0.1, 0.15) is 44.9 Å². The second-order valence-corrected chi connectivity index (χ2v) is 8.29. The third-order valence-corrected chi connectivity index (χ3v) is 6.71. The highest BCUT2D eigenvalue weighted by molar-refractivity contribution is 5.82. The molecule has 3 atom stereocenters. The van der Waals surface area contributed by atoms with E-state index in [1.165, 1.54) is 45.1 Å². The molecule has 0 aromatic carbocycles. The first-order valence-electron chi connectivity index (χ1n) is 10.1. The fourth-order valence-corrected chi connectivity index (χ4v) is 5.22. The summed E-state index contributed by atoms with van der Waals surface area (Å²) in [5, 5.41) is 3.65. The molecule has 3 aliphatic heterocycles. The second-order valence-electron chi connectivity index (χ2n) is 8.29. The van der Waals surface area contributed by atoms with Crippen LogP contribution in [0.25, 0.3) is 0 Å². The van der Waals surface area contributed by atoms with Gasteiger partial charge in [0.25, 0.3) is 0 Å². The van der Waals surface area contributed by atoms with Crippen molar-refractivity contribution in [1.82, 2.24) is 15.1 Å². The lowest BCUT2D eigenvalue weighted by atomic mass is 9.85. The first-order valence-corrected chi connectivity index (χ1v) is 10.1. The minimum absolute atomic E-state index is 0.105. The molecule has 4 fully saturated rings. The zero-order valence-corrected chi connectivity index (χ0v) is 14.9. The van der Waals surface area contributed by atoms with Crippen LogP contribution in [-0.2, 0) is 9.53 Å². The monoisotopic (exact) mass is 335 g/mol. The third-order valence-electron chi connectivity index (χ3n) is 6.71. The summed E-state index contributed by atoms with van der Waals surface area (Å²) in [6, 6.07) is 0.723. The van der Waals surface area contributed by atoms with Crippen LogP contribution in [0.5, 0.6) is 0 Å². The predicted molar refractivity (Wildman–Crippen MR) is 93.8 cm³/mol. The number of ether oxygens (including phenoxy) is 1. The summed E-state index contributed by atoms with van der Waals surface area (Å²) in [6.45, 7) is 7.03. The van der Waals surface area contributed by atoms with Crippen LogP contribution in [0.2, 0.25) is 0 Å². The van der Waals surface area contributed by atoms with Crippen LogP contribution in [0.4, 0.5) is 0 Å². The second kappa shape index (κ2) is 7.71. The topological polar surface area (TPSA) is 44.8 Å². The largest absolute Gasteiger partial charge is 0.379 e. The number of amides is 1. The zero-order valence-electron chi connectivity index (χ0n) is 14.9. The quantitative estimate of drug-likeness (QED) is 0.848. The molecule has 5 heteroatoms. The molecule has 0 aromatic heterocycles. The number of nitrogens with one attached hydrogen (secondary N) is 1. The summed E-state index contributed by atoms with van der Waals surface area (Å²) in [5.41, 5.74) is 0. The molecular formula is C19H33N3O2. The lowest BCUT2D eigenvalue weighted by Crippen LogP contribution is -2.49. The summed E-state index contributed by atoms with van der Waals surface area (Å²) >= 11 is 0. The number of carbonyl (C=O) groups is 1. The highest BCUT2D eigenvalue weighted by atomic mass is 16.5. The van der Waals surface area contributed by atoms with Gasteiger partial charge in [0, 0.05) is 38.8 Å². The molecule has 4 rings (SSSR count). The lowest BCUT2D eigenvalue weighted by molar-refractivity contribution is -0.134. The van der Waals surface area contributed by atoms with Gasteiger partial charge in [0.1, 0.15) is 0 Å². The van der Waals surface area contributed by atoms with Crippen LogP contribution in [0.15, 0.2) is 0 Å². The standard InChI is InChI=1S/C19H33N3O2/c23-19(18-13-16-3-1-2-4-17(16)20-18)22-7-5-15(6-8-22)14-21-9-11-24-12-10-21/h15-18,20H,1-14H2. The summed E-state index contributed by atoms with van der Waals surface area (Å²) in [5.74, 6) is 1.90. The van der Waals surface area contributed by atoms with Gasteiger partial charge in [0.15, 0.2) is 0 Å². The van der Waals surface area contributed by atoms with Gasteiger partial charge in [-0.25, -0.2) is 0 Å².